The third-order valence-electron chi connectivity index (χ3n) is 1.63. The Hall–Kier alpha value is -1.98. The van der Waals surface area contributed by atoms with E-state index in [1.165, 1.54) is 19.6 Å². The van der Waals surface area contributed by atoms with E-state index in [4.69, 9.17) is 9.26 Å². The zero-order chi connectivity index (χ0) is 9.97. The largest absolute Gasteiger partial charge is 0.481 e. The highest BCUT2D eigenvalue weighted by Gasteiger charge is 2.11. The second-order valence-corrected chi connectivity index (χ2v) is 2.45. The van der Waals surface area contributed by atoms with Crippen LogP contribution in [0.1, 0.15) is 0 Å². The van der Waals surface area contributed by atoms with Crippen LogP contribution in [-0.2, 0) is 0 Å². The van der Waals surface area contributed by atoms with Gasteiger partial charge in [-0.2, -0.15) is 4.98 Å². The Morgan fingerprint density at radius 3 is 2.86 bits per heavy atom. The van der Waals surface area contributed by atoms with Crippen molar-refractivity contribution in [2.24, 2.45) is 0 Å². The van der Waals surface area contributed by atoms with E-state index >= 15 is 0 Å². The average Bonchev–Trinajstić information content (AvgIpc) is 2.70. The first-order chi connectivity index (χ1) is 6.81. The maximum absolute atomic E-state index is 13.4. The first-order valence-corrected chi connectivity index (χ1v) is 3.78. The molecule has 0 aliphatic heterocycles. The summed E-state index contributed by atoms with van der Waals surface area (Å²) in [5, 5.41) is 3.37. The van der Waals surface area contributed by atoms with Crippen molar-refractivity contribution < 1.29 is 13.7 Å². The first kappa shape index (κ1) is 8.61. The zero-order valence-electron chi connectivity index (χ0n) is 7.27. The number of ether oxygens (including phenoxy) is 1. The van der Waals surface area contributed by atoms with E-state index in [1.54, 1.807) is 0 Å². The second-order valence-electron chi connectivity index (χ2n) is 2.45. The number of methoxy groups -OCH3 is 1. The highest BCUT2D eigenvalue weighted by Crippen LogP contribution is 2.21. The molecular weight excluding hydrogens is 189 g/mol. The molecule has 0 radical (unpaired) electrons. The quantitative estimate of drug-likeness (QED) is 0.722. The fourth-order valence-corrected chi connectivity index (χ4v) is 0.974. The lowest BCUT2D eigenvalue weighted by Gasteiger charge is -2.00. The van der Waals surface area contributed by atoms with Crippen LogP contribution in [0.3, 0.4) is 0 Å². The van der Waals surface area contributed by atoms with Gasteiger partial charge in [-0.1, -0.05) is 5.16 Å². The minimum Gasteiger partial charge on any atom is -0.481 e. The van der Waals surface area contributed by atoms with E-state index < -0.39 is 5.82 Å². The molecule has 6 heteroatoms. The first-order valence-electron chi connectivity index (χ1n) is 3.78. The molecule has 0 atom stereocenters. The van der Waals surface area contributed by atoms with Gasteiger partial charge in [0.15, 0.2) is 6.33 Å². The minimum absolute atomic E-state index is 0.0950. The standard InChI is InChI=1S/C8H6FN3O2/c1-13-7-2-6(9)5(3-10-7)8-11-4-12-14-8/h2-4H,1H3. The minimum atomic E-state index is -0.513. The Labute approximate surface area is 78.5 Å². The van der Waals surface area contributed by atoms with Gasteiger partial charge in [0.05, 0.1) is 12.7 Å². The van der Waals surface area contributed by atoms with Gasteiger partial charge in [0, 0.05) is 12.3 Å². The predicted molar refractivity (Wildman–Crippen MR) is 44.0 cm³/mol. The summed E-state index contributed by atoms with van der Waals surface area (Å²) in [5.74, 6) is -0.218. The van der Waals surface area contributed by atoms with Gasteiger partial charge in [-0.05, 0) is 0 Å². The molecule has 72 valence electrons. The molecule has 5 nitrogen and oxygen atoms in total. The average molecular weight is 195 g/mol. The molecule has 0 aliphatic carbocycles. The molecule has 0 aromatic carbocycles. The van der Waals surface area contributed by atoms with Gasteiger partial charge in [0.2, 0.25) is 5.88 Å². The van der Waals surface area contributed by atoms with E-state index in [9.17, 15) is 4.39 Å². The normalized spacial score (nSPS) is 10.1. The second kappa shape index (κ2) is 3.41. The SMILES string of the molecule is COc1cc(F)c(-c2ncno2)cn1. The summed E-state index contributed by atoms with van der Waals surface area (Å²) in [5.41, 5.74) is 0.156. The molecule has 0 fully saturated rings. The van der Waals surface area contributed by atoms with Gasteiger partial charge in [0.25, 0.3) is 5.89 Å². The maximum Gasteiger partial charge on any atom is 0.262 e. The van der Waals surface area contributed by atoms with Gasteiger partial charge in [0.1, 0.15) is 5.82 Å². The molecule has 0 bridgehead atoms. The predicted octanol–water partition coefficient (Wildman–Crippen LogP) is 1.28. The van der Waals surface area contributed by atoms with Crippen LogP contribution in [0.5, 0.6) is 5.88 Å². The molecule has 2 heterocycles. The topological polar surface area (TPSA) is 61.0 Å². The van der Waals surface area contributed by atoms with Crippen molar-refractivity contribution in [1.82, 2.24) is 15.1 Å². The molecule has 0 spiro atoms. The number of nitrogens with zero attached hydrogens (tertiary/aromatic N) is 3. The van der Waals surface area contributed by atoms with E-state index in [2.05, 4.69) is 15.1 Å². The third-order valence-corrected chi connectivity index (χ3v) is 1.63. The summed E-state index contributed by atoms with van der Waals surface area (Å²) in [7, 11) is 1.41. The van der Waals surface area contributed by atoms with Gasteiger partial charge < -0.3 is 9.26 Å². The van der Waals surface area contributed by atoms with E-state index in [-0.39, 0.29) is 17.3 Å². The molecule has 0 aliphatic rings. The molecule has 2 aromatic rings. The third kappa shape index (κ3) is 1.41. The van der Waals surface area contributed by atoms with Crippen molar-refractivity contribution in [3.05, 3.63) is 24.4 Å². The fourth-order valence-electron chi connectivity index (χ4n) is 0.974. The van der Waals surface area contributed by atoms with Gasteiger partial charge in [-0.3, -0.25) is 0 Å². The summed E-state index contributed by atoms with van der Waals surface area (Å²) in [6.07, 6.45) is 2.47. The molecule has 14 heavy (non-hydrogen) atoms. The molecule has 0 saturated carbocycles. The Morgan fingerprint density at radius 2 is 2.29 bits per heavy atom. The highest BCUT2D eigenvalue weighted by molar-refractivity contribution is 5.52. The van der Waals surface area contributed by atoms with E-state index in [1.807, 2.05) is 0 Å². The van der Waals surface area contributed by atoms with Crippen molar-refractivity contribution in [2.75, 3.05) is 7.11 Å². The van der Waals surface area contributed by atoms with E-state index in [0.29, 0.717) is 0 Å². The zero-order valence-corrected chi connectivity index (χ0v) is 7.27. The molecule has 0 N–H and O–H groups in total. The van der Waals surface area contributed by atoms with Crippen LogP contribution in [0.4, 0.5) is 4.39 Å². The Bertz CT molecular complexity index is 430. The Kier molecular flexibility index (Phi) is 2.10. The Morgan fingerprint density at radius 1 is 1.43 bits per heavy atom. The highest BCUT2D eigenvalue weighted by atomic mass is 19.1. The molecular formula is C8H6FN3O2. The van der Waals surface area contributed by atoms with Crippen LogP contribution in [0.15, 0.2) is 23.1 Å². The van der Waals surface area contributed by atoms with Gasteiger partial charge in [-0.15, -0.1) is 0 Å². The summed E-state index contributed by atoms with van der Waals surface area (Å²) in [6.45, 7) is 0. The fraction of sp³-hybridized carbons (Fsp3) is 0.125. The lowest BCUT2D eigenvalue weighted by Crippen LogP contribution is -1.91. The van der Waals surface area contributed by atoms with Crippen molar-refractivity contribution in [3.8, 4) is 17.3 Å². The summed E-state index contributed by atoms with van der Waals surface area (Å²) in [6, 6.07) is 1.15. The van der Waals surface area contributed by atoms with Crippen LogP contribution < -0.4 is 4.74 Å². The van der Waals surface area contributed by atoms with Gasteiger partial charge in [-0.25, -0.2) is 9.37 Å². The number of aromatic nitrogens is 3. The number of halogens is 1. The number of pyridine rings is 1. The molecule has 0 unspecified atom stereocenters. The van der Waals surface area contributed by atoms with Crippen molar-refractivity contribution in [3.63, 3.8) is 0 Å². The van der Waals surface area contributed by atoms with Crippen molar-refractivity contribution >= 4 is 0 Å². The maximum atomic E-state index is 13.4. The van der Waals surface area contributed by atoms with Crippen molar-refractivity contribution in [1.29, 1.82) is 0 Å². The van der Waals surface area contributed by atoms with Crippen molar-refractivity contribution in [2.45, 2.75) is 0 Å². The molecule has 0 saturated heterocycles. The molecule has 0 amide bonds. The summed E-state index contributed by atoms with van der Waals surface area (Å²) >= 11 is 0. The van der Waals surface area contributed by atoms with Crippen LogP contribution in [0, 0.1) is 5.82 Å². The van der Waals surface area contributed by atoms with Crippen LogP contribution in [0.25, 0.3) is 11.5 Å². The van der Waals surface area contributed by atoms with Crippen LogP contribution in [0.2, 0.25) is 0 Å². The van der Waals surface area contributed by atoms with E-state index in [0.717, 1.165) is 6.07 Å². The van der Waals surface area contributed by atoms with Crippen LogP contribution in [-0.4, -0.2) is 22.2 Å². The smallest absolute Gasteiger partial charge is 0.262 e. The monoisotopic (exact) mass is 195 g/mol. The van der Waals surface area contributed by atoms with Crippen LogP contribution >= 0.6 is 0 Å². The number of hydrogen-bond donors (Lipinski definition) is 0. The Balaban J connectivity index is 2.46. The lowest BCUT2D eigenvalue weighted by molar-refractivity contribution is 0.393. The van der Waals surface area contributed by atoms with Gasteiger partial charge >= 0.3 is 0 Å². The number of hydrogen-bond acceptors (Lipinski definition) is 5. The molecule has 2 rings (SSSR count). The lowest BCUT2D eigenvalue weighted by atomic mass is 10.2. The molecule has 2 aromatic heterocycles. The summed E-state index contributed by atoms with van der Waals surface area (Å²) in [4.78, 5) is 7.53. The number of rotatable bonds is 2. The summed E-state index contributed by atoms with van der Waals surface area (Å²) < 4.78 is 22.8.